The van der Waals surface area contributed by atoms with E-state index in [0.29, 0.717) is 11.5 Å². The van der Waals surface area contributed by atoms with Gasteiger partial charge in [-0.05, 0) is 47.0 Å². The van der Waals surface area contributed by atoms with Crippen LogP contribution in [-0.2, 0) is 11.3 Å². The molecule has 2 rings (SSSR count). The molecule has 1 aromatic heterocycles. The number of aromatic nitrogens is 3. The molecule has 8 nitrogen and oxygen atoms in total. The predicted octanol–water partition coefficient (Wildman–Crippen LogP) is 1.75. The number of rotatable bonds is 4. The molecule has 8 heteroatoms. The van der Waals surface area contributed by atoms with Crippen LogP contribution < -0.4 is 5.32 Å². The first-order valence-corrected chi connectivity index (χ1v) is 6.29. The standard InChI is InChI=1S/C13H15N5O3/c1-8-4-9(2)6-11(5-8)15-12(19)7-17-10(3)14-13(16-17)18(20)21/h4-6H,7H2,1-3H3,(H,15,19). The van der Waals surface area contributed by atoms with Crippen LogP contribution in [0.5, 0.6) is 0 Å². The van der Waals surface area contributed by atoms with Gasteiger partial charge in [-0.1, -0.05) is 6.07 Å². The normalized spacial score (nSPS) is 10.4. The number of nitro groups is 1. The van der Waals surface area contributed by atoms with Crippen molar-refractivity contribution in [1.82, 2.24) is 14.8 Å². The van der Waals surface area contributed by atoms with Crippen LogP contribution in [0.4, 0.5) is 11.6 Å². The molecule has 0 spiro atoms. The third-order valence-corrected chi connectivity index (χ3v) is 2.81. The number of carbonyl (C=O) groups excluding carboxylic acids is 1. The molecular formula is C13H15N5O3. The molecule has 1 amide bonds. The summed E-state index contributed by atoms with van der Waals surface area (Å²) in [4.78, 5) is 25.5. The van der Waals surface area contributed by atoms with Gasteiger partial charge in [0.2, 0.25) is 11.7 Å². The van der Waals surface area contributed by atoms with Crippen LogP contribution >= 0.6 is 0 Å². The summed E-state index contributed by atoms with van der Waals surface area (Å²) in [7, 11) is 0. The molecule has 0 saturated carbocycles. The van der Waals surface area contributed by atoms with Crippen molar-refractivity contribution >= 4 is 17.5 Å². The van der Waals surface area contributed by atoms with Crippen LogP contribution in [0, 0.1) is 30.9 Å². The van der Waals surface area contributed by atoms with E-state index in [9.17, 15) is 14.9 Å². The van der Waals surface area contributed by atoms with Crippen LogP contribution in [0.2, 0.25) is 0 Å². The molecule has 1 N–H and O–H groups in total. The van der Waals surface area contributed by atoms with Gasteiger partial charge in [-0.15, -0.1) is 0 Å². The lowest BCUT2D eigenvalue weighted by Crippen LogP contribution is -2.20. The molecule has 0 unspecified atom stereocenters. The Morgan fingerprint density at radius 3 is 2.43 bits per heavy atom. The molecular weight excluding hydrogens is 274 g/mol. The monoisotopic (exact) mass is 289 g/mol. The Morgan fingerprint density at radius 2 is 1.90 bits per heavy atom. The zero-order valence-electron chi connectivity index (χ0n) is 12.0. The lowest BCUT2D eigenvalue weighted by Gasteiger charge is -2.07. The average molecular weight is 289 g/mol. The van der Waals surface area contributed by atoms with Crippen LogP contribution in [0.1, 0.15) is 17.0 Å². The number of amides is 1. The topological polar surface area (TPSA) is 103 Å². The first-order valence-electron chi connectivity index (χ1n) is 6.29. The quantitative estimate of drug-likeness (QED) is 0.682. The van der Waals surface area contributed by atoms with Crippen molar-refractivity contribution in [2.24, 2.45) is 0 Å². The van der Waals surface area contributed by atoms with Crippen molar-refractivity contribution < 1.29 is 9.72 Å². The molecule has 0 bridgehead atoms. The van der Waals surface area contributed by atoms with Gasteiger partial charge in [-0.3, -0.25) is 4.79 Å². The summed E-state index contributed by atoms with van der Waals surface area (Å²) < 4.78 is 1.20. The molecule has 21 heavy (non-hydrogen) atoms. The van der Waals surface area contributed by atoms with Crippen molar-refractivity contribution in [3.05, 3.63) is 45.3 Å². The first kappa shape index (κ1) is 14.6. The second kappa shape index (κ2) is 5.70. The van der Waals surface area contributed by atoms with Crippen LogP contribution in [0.25, 0.3) is 0 Å². The zero-order valence-corrected chi connectivity index (χ0v) is 12.0. The number of anilines is 1. The van der Waals surface area contributed by atoms with Crippen molar-refractivity contribution in [1.29, 1.82) is 0 Å². The van der Waals surface area contributed by atoms with Gasteiger partial charge in [-0.25, -0.2) is 0 Å². The highest BCUT2D eigenvalue weighted by molar-refractivity contribution is 5.90. The number of benzene rings is 1. The van der Waals surface area contributed by atoms with Crippen LogP contribution in [-0.4, -0.2) is 25.6 Å². The van der Waals surface area contributed by atoms with Gasteiger partial charge in [0.1, 0.15) is 6.54 Å². The van der Waals surface area contributed by atoms with Gasteiger partial charge in [0, 0.05) is 17.7 Å². The molecule has 1 aromatic carbocycles. The first-order chi connectivity index (χ1) is 9.85. The molecule has 110 valence electrons. The van der Waals surface area contributed by atoms with E-state index in [1.807, 2.05) is 32.0 Å². The molecule has 0 radical (unpaired) electrons. The molecule has 0 aliphatic carbocycles. The van der Waals surface area contributed by atoms with E-state index in [0.717, 1.165) is 11.1 Å². The lowest BCUT2D eigenvalue weighted by atomic mass is 10.1. The molecule has 1 heterocycles. The molecule has 0 atom stereocenters. The number of nitrogens with zero attached hydrogens (tertiary/aromatic N) is 4. The van der Waals surface area contributed by atoms with Gasteiger partial charge in [0.05, 0.1) is 0 Å². The summed E-state index contributed by atoms with van der Waals surface area (Å²) in [5, 5.41) is 17.0. The molecule has 0 aliphatic heterocycles. The minimum Gasteiger partial charge on any atom is -0.390 e. The lowest BCUT2D eigenvalue weighted by molar-refractivity contribution is -0.394. The molecule has 0 saturated heterocycles. The summed E-state index contributed by atoms with van der Waals surface area (Å²) in [6.07, 6.45) is 0. The Bertz CT molecular complexity index is 688. The van der Waals surface area contributed by atoms with Crippen molar-refractivity contribution in [3.63, 3.8) is 0 Å². The van der Waals surface area contributed by atoms with Gasteiger partial charge >= 0.3 is 5.95 Å². The third kappa shape index (κ3) is 3.62. The predicted molar refractivity (Wildman–Crippen MR) is 76.0 cm³/mol. The van der Waals surface area contributed by atoms with E-state index in [1.54, 1.807) is 6.92 Å². The van der Waals surface area contributed by atoms with Crippen molar-refractivity contribution in [2.45, 2.75) is 27.3 Å². The Hall–Kier alpha value is -2.77. The van der Waals surface area contributed by atoms with Gasteiger partial charge < -0.3 is 15.4 Å². The summed E-state index contributed by atoms with van der Waals surface area (Å²) in [5.41, 5.74) is 2.76. The Kier molecular flexibility index (Phi) is 3.97. The maximum Gasteiger partial charge on any atom is 0.491 e. The second-order valence-electron chi connectivity index (χ2n) is 4.80. The highest BCUT2D eigenvalue weighted by Gasteiger charge is 2.19. The molecule has 0 aliphatic rings. The number of carbonyl (C=O) groups is 1. The van der Waals surface area contributed by atoms with Crippen molar-refractivity contribution in [3.8, 4) is 0 Å². The number of hydrogen-bond acceptors (Lipinski definition) is 5. The summed E-state index contributed by atoms with van der Waals surface area (Å²) in [5.74, 6) is -0.508. The highest BCUT2D eigenvalue weighted by atomic mass is 16.6. The van der Waals surface area contributed by atoms with Gasteiger partial charge in [0.25, 0.3) is 0 Å². The Labute approximate surface area is 121 Å². The fourth-order valence-corrected chi connectivity index (χ4v) is 2.02. The summed E-state index contributed by atoms with van der Waals surface area (Å²) >= 11 is 0. The van der Waals surface area contributed by atoms with E-state index in [4.69, 9.17) is 0 Å². The van der Waals surface area contributed by atoms with Crippen LogP contribution in [0.3, 0.4) is 0 Å². The van der Waals surface area contributed by atoms with Gasteiger partial charge in [0.15, 0.2) is 0 Å². The maximum atomic E-state index is 12.0. The number of hydrogen-bond donors (Lipinski definition) is 1. The summed E-state index contributed by atoms with van der Waals surface area (Å²) in [6, 6.07) is 5.70. The SMILES string of the molecule is Cc1cc(C)cc(NC(=O)Cn2nc([N+](=O)[O-])nc2C)c1. The fraction of sp³-hybridized carbons (Fsp3) is 0.308. The summed E-state index contributed by atoms with van der Waals surface area (Å²) in [6.45, 7) is 5.31. The van der Waals surface area contributed by atoms with Gasteiger partial charge in [-0.2, -0.15) is 4.68 Å². The smallest absolute Gasteiger partial charge is 0.390 e. The van der Waals surface area contributed by atoms with E-state index in [2.05, 4.69) is 15.4 Å². The zero-order chi connectivity index (χ0) is 15.6. The fourth-order valence-electron chi connectivity index (χ4n) is 2.02. The average Bonchev–Trinajstić information content (AvgIpc) is 2.69. The second-order valence-corrected chi connectivity index (χ2v) is 4.80. The van der Waals surface area contributed by atoms with E-state index in [-0.39, 0.29) is 12.5 Å². The van der Waals surface area contributed by atoms with E-state index in [1.165, 1.54) is 4.68 Å². The van der Waals surface area contributed by atoms with Crippen LogP contribution in [0.15, 0.2) is 18.2 Å². The Morgan fingerprint density at radius 1 is 1.29 bits per heavy atom. The molecule has 2 aromatic rings. The molecule has 0 fully saturated rings. The highest BCUT2D eigenvalue weighted by Crippen LogP contribution is 2.14. The minimum atomic E-state index is -0.689. The largest absolute Gasteiger partial charge is 0.491 e. The van der Waals surface area contributed by atoms with Crippen molar-refractivity contribution in [2.75, 3.05) is 5.32 Å². The number of nitrogens with one attached hydrogen (secondary N) is 1. The third-order valence-electron chi connectivity index (χ3n) is 2.81. The minimum absolute atomic E-state index is 0.125. The Balaban J connectivity index is 2.09. The maximum absolute atomic E-state index is 12.0. The number of aryl methyl sites for hydroxylation is 3. The van der Waals surface area contributed by atoms with E-state index < -0.39 is 10.9 Å². The van der Waals surface area contributed by atoms with E-state index >= 15 is 0 Å².